The van der Waals surface area contributed by atoms with E-state index in [0.29, 0.717) is 5.33 Å². The van der Waals surface area contributed by atoms with Gasteiger partial charge < -0.3 is 0 Å². The maximum Gasteiger partial charge on any atom is 0.397 e. The molecule has 62 valence electrons. The van der Waals surface area contributed by atoms with Gasteiger partial charge >= 0.3 is 10.4 Å². The van der Waals surface area contributed by atoms with Crippen LogP contribution in [0.3, 0.4) is 0 Å². The molecule has 0 rings (SSSR count). The van der Waals surface area contributed by atoms with Crippen molar-refractivity contribution >= 4 is 42.3 Å². The zero-order valence-corrected chi connectivity index (χ0v) is 8.82. The van der Waals surface area contributed by atoms with Gasteiger partial charge in [-0.15, -0.1) is 0 Å². The Morgan fingerprint density at radius 3 is 2.40 bits per heavy atom. The molecule has 0 aromatic rings. The molecule has 0 aliphatic rings. The quantitative estimate of drug-likeness (QED) is 0.620. The van der Waals surface area contributed by atoms with Gasteiger partial charge in [0.1, 0.15) is 0 Å². The van der Waals surface area contributed by atoms with E-state index in [2.05, 4.69) is 36.0 Å². The van der Waals surface area contributed by atoms with E-state index in [4.69, 9.17) is 4.55 Å². The van der Waals surface area contributed by atoms with Gasteiger partial charge in [-0.2, -0.15) is 8.42 Å². The molecular weight excluding hydrogens is 292 g/mol. The van der Waals surface area contributed by atoms with Crippen LogP contribution in [0.4, 0.5) is 0 Å². The van der Waals surface area contributed by atoms with Crippen LogP contribution in [-0.2, 0) is 14.6 Å². The second-order valence-corrected chi connectivity index (χ2v) is 4.50. The number of halogens is 2. The highest BCUT2D eigenvalue weighted by molar-refractivity contribution is 9.12. The average Bonchev–Trinajstić information content (AvgIpc) is 1.81. The first-order chi connectivity index (χ1) is 4.45. The number of alkyl halides is 2. The first-order valence-electron chi connectivity index (χ1n) is 2.27. The summed E-state index contributed by atoms with van der Waals surface area (Å²) in [5.41, 5.74) is 0. The molecule has 0 bridgehead atoms. The summed E-state index contributed by atoms with van der Waals surface area (Å²) in [7, 11) is -4.28. The molecule has 1 atom stereocenters. The summed E-state index contributed by atoms with van der Waals surface area (Å²) in [5, 5.41) is 0.558. The van der Waals surface area contributed by atoms with Crippen LogP contribution in [0.1, 0.15) is 0 Å². The van der Waals surface area contributed by atoms with E-state index in [1.807, 2.05) is 0 Å². The van der Waals surface area contributed by atoms with Crippen molar-refractivity contribution in [3.05, 3.63) is 0 Å². The van der Waals surface area contributed by atoms with Crippen LogP contribution in [0.2, 0.25) is 0 Å². The lowest BCUT2D eigenvalue weighted by molar-refractivity contribution is 0.274. The standard InChI is InChI=1S/C3H6Br2O4S/c4-1-3(5)2-9-10(6,7)8/h3H,1-2H2,(H,6,7,8). The van der Waals surface area contributed by atoms with E-state index in [1.165, 1.54) is 0 Å². The Hall–Kier alpha value is 0.830. The van der Waals surface area contributed by atoms with Crippen molar-refractivity contribution in [2.75, 3.05) is 11.9 Å². The molecule has 0 aromatic carbocycles. The van der Waals surface area contributed by atoms with Crippen LogP contribution in [0.5, 0.6) is 0 Å². The molecule has 0 saturated heterocycles. The van der Waals surface area contributed by atoms with E-state index in [0.717, 1.165) is 0 Å². The van der Waals surface area contributed by atoms with Crippen molar-refractivity contribution in [1.29, 1.82) is 0 Å². The van der Waals surface area contributed by atoms with Gasteiger partial charge in [-0.1, -0.05) is 31.9 Å². The molecular formula is C3H6Br2O4S. The molecule has 1 unspecified atom stereocenters. The lowest BCUT2D eigenvalue weighted by Gasteiger charge is -2.02. The van der Waals surface area contributed by atoms with Gasteiger partial charge in [0.25, 0.3) is 0 Å². The molecule has 0 spiro atoms. The molecule has 0 amide bonds. The SMILES string of the molecule is O=S(=O)(O)OCC(Br)CBr. The van der Waals surface area contributed by atoms with Crippen molar-refractivity contribution in [3.63, 3.8) is 0 Å². The van der Waals surface area contributed by atoms with Gasteiger partial charge in [0.05, 0.1) is 6.61 Å². The molecule has 0 radical (unpaired) electrons. The second kappa shape index (κ2) is 4.66. The van der Waals surface area contributed by atoms with Crippen molar-refractivity contribution in [3.8, 4) is 0 Å². The van der Waals surface area contributed by atoms with Gasteiger partial charge in [-0.05, 0) is 0 Å². The first kappa shape index (κ1) is 10.8. The van der Waals surface area contributed by atoms with Crippen molar-refractivity contribution in [2.45, 2.75) is 4.83 Å². The molecule has 0 aliphatic heterocycles. The second-order valence-electron chi connectivity index (χ2n) is 1.46. The Balaban J connectivity index is 3.56. The van der Waals surface area contributed by atoms with Crippen molar-refractivity contribution in [2.24, 2.45) is 0 Å². The van der Waals surface area contributed by atoms with Crippen LogP contribution < -0.4 is 0 Å². The summed E-state index contributed by atoms with van der Waals surface area (Å²) >= 11 is 6.16. The summed E-state index contributed by atoms with van der Waals surface area (Å²) in [5.74, 6) is 0. The average molecular weight is 298 g/mol. The van der Waals surface area contributed by atoms with Crippen LogP contribution in [-0.4, -0.2) is 29.7 Å². The number of hydrogen-bond acceptors (Lipinski definition) is 3. The molecule has 0 fully saturated rings. The number of rotatable bonds is 4. The summed E-state index contributed by atoms with van der Waals surface area (Å²) in [6, 6.07) is 0. The third kappa shape index (κ3) is 6.94. The minimum absolute atomic E-state index is 0.0793. The van der Waals surface area contributed by atoms with Gasteiger partial charge in [0.2, 0.25) is 0 Å². The predicted molar refractivity (Wildman–Crippen MR) is 44.0 cm³/mol. The van der Waals surface area contributed by atoms with E-state index < -0.39 is 10.4 Å². The summed E-state index contributed by atoms with van der Waals surface area (Å²) in [6.07, 6.45) is 0. The maximum absolute atomic E-state index is 9.95. The van der Waals surface area contributed by atoms with E-state index in [-0.39, 0.29) is 11.4 Å². The monoisotopic (exact) mass is 296 g/mol. The molecule has 0 heterocycles. The zero-order valence-electron chi connectivity index (χ0n) is 4.83. The molecule has 1 N–H and O–H groups in total. The van der Waals surface area contributed by atoms with E-state index in [9.17, 15) is 8.42 Å². The Bertz CT molecular complexity index is 177. The molecule has 0 aliphatic carbocycles. The van der Waals surface area contributed by atoms with E-state index >= 15 is 0 Å². The fraction of sp³-hybridized carbons (Fsp3) is 1.00. The fourth-order valence-corrected chi connectivity index (χ4v) is 1.03. The summed E-state index contributed by atoms with van der Waals surface area (Å²) in [4.78, 5) is -0.116. The largest absolute Gasteiger partial charge is 0.397 e. The first-order valence-corrected chi connectivity index (χ1v) is 5.68. The topological polar surface area (TPSA) is 63.6 Å². The van der Waals surface area contributed by atoms with E-state index in [1.54, 1.807) is 0 Å². The van der Waals surface area contributed by atoms with Gasteiger partial charge in [-0.25, -0.2) is 4.18 Å². The van der Waals surface area contributed by atoms with Crippen molar-refractivity contribution < 1.29 is 17.2 Å². The Morgan fingerprint density at radius 2 is 2.10 bits per heavy atom. The minimum atomic E-state index is -4.28. The lowest BCUT2D eigenvalue weighted by atomic mass is 10.5. The zero-order chi connectivity index (χ0) is 8.20. The summed E-state index contributed by atoms with van der Waals surface area (Å²) in [6.45, 7) is -0.0793. The minimum Gasteiger partial charge on any atom is -0.264 e. The van der Waals surface area contributed by atoms with Gasteiger partial charge in [-0.3, -0.25) is 4.55 Å². The third-order valence-corrected chi connectivity index (χ3v) is 3.24. The highest BCUT2D eigenvalue weighted by atomic mass is 79.9. The smallest absolute Gasteiger partial charge is 0.264 e. The fourth-order valence-electron chi connectivity index (χ4n) is 0.204. The van der Waals surface area contributed by atoms with Gasteiger partial charge in [0.15, 0.2) is 0 Å². The Morgan fingerprint density at radius 1 is 1.60 bits per heavy atom. The van der Waals surface area contributed by atoms with Crippen LogP contribution in [0.15, 0.2) is 0 Å². The van der Waals surface area contributed by atoms with Crippen LogP contribution in [0, 0.1) is 0 Å². The molecule has 0 aromatic heterocycles. The Labute approximate surface area is 76.2 Å². The van der Waals surface area contributed by atoms with Crippen LogP contribution in [0.25, 0.3) is 0 Å². The maximum atomic E-state index is 9.95. The highest BCUT2D eigenvalue weighted by Crippen LogP contribution is 2.04. The normalized spacial score (nSPS) is 15.1. The predicted octanol–water partition coefficient (Wildman–Crippen LogP) is 0.964. The summed E-state index contributed by atoms with van der Waals surface area (Å²) < 4.78 is 32.0. The lowest BCUT2D eigenvalue weighted by Crippen LogP contribution is -2.14. The Kier molecular flexibility index (Phi) is 5.04. The third-order valence-electron chi connectivity index (χ3n) is 0.565. The molecule has 7 heteroatoms. The molecule has 4 nitrogen and oxygen atoms in total. The van der Waals surface area contributed by atoms with Crippen LogP contribution >= 0.6 is 31.9 Å². The highest BCUT2D eigenvalue weighted by Gasteiger charge is 2.08. The molecule has 10 heavy (non-hydrogen) atoms. The van der Waals surface area contributed by atoms with Crippen molar-refractivity contribution in [1.82, 2.24) is 0 Å². The number of hydrogen-bond donors (Lipinski definition) is 1. The van der Waals surface area contributed by atoms with Gasteiger partial charge in [0, 0.05) is 10.2 Å². The molecule has 0 saturated carbocycles.